The number of nitrogens with one attached hydrogen (secondary N) is 2. The fraction of sp³-hybridized carbons (Fsp3) is 0.438. The number of benzene rings is 1. The molecular formula is C16H22N6O2. The van der Waals surface area contributed by atoms with Gasteiger partial charge in [-0.05, 0) is 19.1 Å². The van der Waals surface area contributed by atoms with E-state index in [1.54, 1.807) is 13.0 Å². The van der Waals surface area contributed by atoms with Gasteiger partial charge in [0.05, 0.1) is 19.3 Å². The third kappa shape index (κ3) is 3.72. The number of ketones is 1. The molecule has 0 bridgehead atoms. The van der Waals surface area contributed by atoms with Crippen molar-refractivity contribution >= 4 is 17.4 Å². The smallest absolute Gasteiger partial charge is 0.244 e. The van der Waals surface area contributed by atoms with Crippen molar-refractivity contribution in [3.8, 4) is 0 Å². The molecule has 1 aliphatic heterocycles. The van der Waals surface area contributed by atoms with Crippen LogP contribution in [0.1, 0.15) is 29.1 Å². The van der Waals surface area contributed by atoms with Crippen LogP contribution in [-0.4, -0.2) is 53.8 Å². The zero-order valence-electron chi connectivity index (χ0n) is 13.7. The van der Waals surface area contributed by atoms with Crippen molar-refractivity contribution in [2.24, 2.45) is 5.73 Å². The van der Waals surface area contributed by atoms with Gasteiger partial charge >= 0.3 is 0 Å². The average Bonchev–Trinajstić information content (AvgIpc) is 3.10. The number of nitrogens with zero attached hydrogens (tertiary/aromatic N) is 3. The van der Waals surface area contributed by atoms with Gasteiger partial charge in [-0.2, -0.15) is 4.98 Å². The summed E-state index contributed by atoms with van der Waals surface area (Å²) >= 11 is 0. The van der Waals surface area contributed by atoms with Crippen LogP contribution in [-0.2, 0) is 4.74 Å². The molecule has 8 nitrogen and oxygen atoms in total. The fourth-order valence-corrected chi connectivity index (χ4v) is 2.59. The maximum atomic E-state index is 11.5. The maximum absolute atomic E-state index is 11.5. The number of Topliss-reactive ketones (excluding diaryl/α,β-unsaturated/α-hetero) is 1. The van der Waals surface area contributed by atoms with Crippen molar-refractivity contribution in [2.75, 3.05) is 43.1 Å². The molecule has 1 saturated heterocycles. The Morgan fingerprint density at radius 2 is 2.25 bits per heavy atom. The van der Waals surface area contributed by atoms with Crippen LogP contribution in [0.25, 0.3) is 0 Å². The van der Waals surface area contributed by atoms with Crippen molar-refractivity contribution in [2.45, 2.75) is 13.0 Å². The lowest BCUT2D eigenvalue weighted by atomic mass is 10.1. The summed E-state index contributed by atoms with van der Waals surface area (Å²) in [5.74, 6) is 1.36. The molecule has 2 heterocycles. The van der Waals surface area contributed by atoms with Crippen molar-refractivity contribution in [1.29, 1.82) is 0 Å². The number of anilines is 2. The van der Waals surface area contributed by atoms with E-state index in [9.17, 15) is 4.79 Å². The third-order valence-electron chi connectivity index (χ3n) is 3.96. The molecule has 1 atom stereocenters. The number of H-pyrrole nitrogens is 1. The van der Waals surface area contributed by atoms with E-state index in [4.69, 9.17) is 10.5 Å². The molecule has 0 radical (unpaired) electrons. The molecule has 0 saturated carbocycles. The van der Waals surface area contributed by atoms with Gasteiger partial charge in [-0.3, -0.25) is 9.89 Å². The van der Waals surface area contributed by atoms with Crippen LogP contribution in [0.2, 0.25) is 0 Å². The standard InChI is InChI=1S/C16H22N6O2/c1-11(23)12-3-2-4-13(9-12)18-14(10-17)15-19-16(21-20-15)22-5-7-24-8-6-22/h2-4,9,14,18H,5-8,10,17H2,1H3,(H,19,20,21). The minimum Gasteiger partial charge on any atom is -0.378 e. The molecule has 2 aromatic rings. The molecule has 0 amide bonds. The van der Waals surface area contributed by atoms with Gasteiger partial charge in [0.2, 0.25) is 5.95 Å². The van der Waals surface area contributed by atoms with Crippen LogP contribution in [0.4, 0.5) is 11.6 Å². The molecule has 128 valence electrons. The van der Waals surface area contributed by atoms with Gasteiger partial charge in [0.15, 0.2) is 5.78 Å². The van der Waals surface area contributed by atoms with Gasteiger partial charge in [0.1, 0.15) is 5.82 Å². The van der Waals surface area contributed by atoms with Crippen molar-refractivity contribution < 1.29 is 9.53 Å². The van der Waals surface area contributed by atoms with Gasteiger partial charge in [-0.15, -0.1) is 5.10 Å². The topological polar surface area (TPSA) is 109 Å². The zero-order valence-corrected chi connectivity index (χ0v) is 13.7. The Morgan fingerprint density at radius 1 is 1.46 bits per heavy atom. The van der Waals surface area contributed by atoms with Crippen molar-refractivity contribution in [3.63, 3.8) is 0 Å². The van der Waals surface area contributed by atoms with Crippen LogP contribution >= 0.6 is 0 Å². The highest BCUT2D eigenvalue weighted by atomic mass is 16.5. The molecule has 1 fully saturated rings. The molecule has 1 aliphatic rings. The summed E-state index contributed by atoms with van der Waals surface area (Å²) in [5.41, 5.74) is 7.36. The Labute approximate surface area is 140 Å². The molecule has 3 rings (SSSR count). The van der Waals surface area contributed by atoms with Gasteiger partial charge in [0, 0.05) is 30.9 Å². The Kier molecular flexibility index (Phi) is 5.07. The van der Waals surface area contributed by atoms with E-state index in [1.165, 1.54) is 0 Å². The first-order valence-electron chi connectivity index (χ1n) is 8.00. The van der Waals surface area contributed by atoms with Crippen molar-refractivity contribution in [1.82, 2.24) is 15.2 Å². The number of hydrogen-bond acceptors (Lipinski definition) is 7. The van der Waals surface area contributed by atoms with E-state index in [-0.39, 0.29) is 11.8 Å². The fourth-order valence-electron chi connectivity index (χ4n) is 2.59. The minimum absolute atomic E-state index is 0.0252. The predicted molar refractivity (Wildman–Crippen MR) is 91.3 cm³/mol. The SMILES string of the molecule is CC(=O)c1cccc(NC(CN)c2nc(N3CCOCC3)n[nH]2)c1. The second-order valence-corrected chi connectivity index (χ2v) is 5.69. The number of carbonyl (C=O) groups is 1. The number of rotatable bonds is 6. The highest BCUT2D eigenvalue weighted by molar-refractivity contribution is 5.94. The highest BCUT2D eigenvalue weighted by Gasteiger charge is 2.19. The molecule has 4 N–H and O–H groups in total. The third-order valence-corrected chi connectivity index (χ3v) is 3.96. The van der Waals surface area contributed by atoms with Crippen LogP contribution in [0.3, 0.4) is 0 Å². The first kappa shape index (κ1) is 16.4. The molecule has 1 aromatic carbocycles. The summed E-state index contributed by atoms with van der Waals surface area (Å²) in [5, 5.41) is 10.5. The van der Waals surface area contributed by atoms with E-state index < -0.39 is 0 Å². The maximum Gasteiger partial charge on any atom is 0.244 e. The highest BCUT2D eigenvalue weighted by Crippen LogP contribution is 2.19. The molecule has 1 unspecified atom stereocenters. The molecule has 0 spiro atoms. The average molecular weight is 330 g/mol. The number of ether oxygens (including phenoxy) is 1. The van der Waals surface area contributed by atoms with E-state index >= 15 is 0 Å². The molecular weight excluding hydrogens is 308 g/mol. The Hall–Kier alpha value is -2.45. The number of morpholine rings is 1. The van der Waals surface area contributed by atoms with Crippen LogP contribution < -0.4 is 16.0 Å². The monoisotopic (exact) mass is 330 g/mol. The minimum atomic E-state index is -0.213. The van der Waals surface area contributed by atoms with Crippen LogP contribution in [0.5, 0.6) is 0 Å². The van der Waals surface area contributed by atoms with E-state index in [0.29, 0.717) is 37.1 Å². The Balaban J connectivity index is 1.73. The summed E-state index contributed by atoms with van der Waals surface area (Å²) in [6.45, 7) is 4.81. The summed E-state index contributed by atoms with van der Waals surface area (Å²) in [6.07, 6.45) is 0. The Bertz CT molecular complexity index is 695. The molecule has 24 heavy (non-hydrogen) atoms. The predicted octanol–water partition coefficient (Wildman–Crippen LogP) is 0.956. The second kappa shape index (κ2) is 7.41. The van der Waals surface area contributed by atoms with E-state index in [1.807, 2.05) is 18.2 Å². The number of nitrogens with two attached hydrogens (primary N) is 1. The number of aromatic nitrogens is 3. The van der Waals surface area contributed by atoms with E-state index in [0.717, 1.165) is 18.8 Å². The summed E-state index contributed by atoms with van der Waals surface area (Å²) < 4.78 is 5.34. The first-order chi connectivity index (χ1) is 11.7. The normalized spacial score (nSPS) is 16.0. The second-order valence-electron chi connectivity index (χ2n) is 5.69. The van der Waals surface area contributed by atoms with Crippen LogP contribution in [0.15, 0.2) is 24.3 Å². The number of carbonyl (C=O) groups excluding carboxylic acids is 1. The lowest BCUT2D eigenvalue weighted by molar-refractivity contribution is 0.101. The first-order valence-corrected chi connectivity index (χ1v) is 8.00. The van der Waals surface area contributed by atoms with Gasteiger partial charge in [-0.1, -0.05) is 12.1 Å². The van der Waals surface area contributed by atoms with Gasteiger partial charge in [-0.25, -0.2) is 0 Å². The number of aromatic amines is 1. The van der Waals surface area contributed by atoms with Crippen molar-refractivity contribution in [3.05, 3.63) is 35.7 Å². The lowest BCUT2D eigenvalue weighted by Gasteiger charge is -2.25. The molecule has 0 aliphatic carbocycles. The number of hydrogen-bond donors (Lipinski definition) is 3. The largest absolute Gasteiger partial charge is 0.378 e. The van der Waals surface area contributed by atoms with Gasteiger partial charge in [0.25, 0.3) is 0 Å². The summed E-state index contributed by atoms with van der Waals surface area (Å²) in [4.78, 5) is 18.1. The zero-order chi connectivity index (χ0) is 16.9. The summed E-state index contributed by atoms with van der Waals surface area (Å²) in [6, 6.07) is 7.12. The molecule has 1 aromatic heterocycles. The lowest BCUT2D eigenvalue weighted by Crippen LogP contribution is -2.37. The quantitative estimate of drug-likeness (QED) is 0.677. The molecule has 8 heteroatoms. The van der Waals surface area contributed by atoms with Gasteiger partial charge < -0.3 is 20.7 Å². The Morgan fingerprint density at radius 3 is 2.96 bits per heavy atom. The summed E-state index contributed by atoms with van der Waals surface area (Å²) in [7, 11) is 0. The van der Waals surface area contributed by atoms with Crippen LogP contribution in [0, 0.1) is 0 Å². The van der Waals surface area contributed by atoms with E-state index in [2.05, 4.69) is 25.4 Å².